The number of thiophene rings is 1. The lowest BCUT2D eigenvalue weighted by molar-refractivity contribution is 0.190. The molecular formula is C14H25N3O2S2. The van der Waals surface area contributed by atoms with Crippen LogP contribution in [-0.4, -0.2) is 39.5 Å². The van der Waals surface area contributed by atoms with Crippen molar-refractivity contribution in [3.63, 3.8) is 0 Å². The summed E-state index contributed by atoms with van der Waals surface area (Å²) in [6.07, 6.45) is 7.37. The SMILES string of the molecule is CN(CCCNS(=O)(=O)c1cc(N)cs1)C1CCCCC1. The third-order valence-electron chi connectivity index (χ3n) is 4.04. The minimum Gasteiger partial charge on any atom is -0.398 e. The zero-order valence-corrected chi connectivity index (χ0v) is 14.2. The summed E-state index contributed by atoms with van der Waals surface area (Å²) in [5.41, 5.74) is 6.06. The van der Waals surface area contributed by atoms with Crippen LogP contribution < -0.4 is 10.5 Å². The molecule has 7 heteroatoms. The molecule has 0 bridgehead atoms. The van der Waals surface area contributed by atoms with Crippen LogP contribution in [0.15, 0.2) is 15.7 Å². The average Bonchev–Trinajstić information content (AvgIpc) is 2.92. The summed E-state index contributed by atoms with van der Waals surface area (Å²) >= 11 is 1.16. The van der Waals surface area contributed by atoms with Crippen molar-refractivity contribution in [2.24, 2.45) is 0 Å². The molecule has 1 fully saturated rings. The Labute approximate surface area is 131 Å². The molecule has 0 spiro atoms. The fourth-order valence-electron chi connectivity index (χ4n) is 2.78. The fraction of sp³-hybridized carbons (Fsp3) is 0.714. The molecule has 0 saturated heterocycles. The van der Waals surface area contributed by atoms with Crippen molar-refractivity contribution in [3.8, 4) is 0 Å². The highest BCUT2D eigenvalue weighted by atomic mass is 32.2. The lowest BCUT2D eigenvalue weighted by Gasteiger charge is -2.31. The summed E-state index contributed by atoms with van der Waals surface area (Å²) in [6, 6.07) is 2.17. The Hall–Kier alpha value is -0.630. The molecule has 0 aliphatic heterocycles. The molecule has 2 rings (SSSR count). The van der Waals surface area contributed by atoms with Crippen molar-refractivity contribution < 1.29 is 8.42 Å². The summed E-state index contributed by atoms with van der Waals surface area (Å²) in [5.74, 6) is 0. The Morgan fingerprint density at radius 3 is 2.71 bits per heavy atom. The van der Waals surface area contributed by atoms with Crippen LogP contribution >= 0.6 is 11.3 Å². The number of nitrogens with two attached hydrogens (primary N) is 1. The highest BCUT2D eigenvalue weighted by molar-refractivity contribution is 7.91. The summed E-state index contributed by atoms with van der Waals surface area (Å²) in [7, 11) is -1.25. The maximum Gasteiger partial charge on any atom is 0.250 e. The minimum absolute atomic E-state index is 0.292. The monoisotopic (exact) mass is 331 g/mol. The number of hydrogen-bond donors (Lipinski definition) is 2. The van der Waals surface area contributed by atoms with Gasteiger partial charge in [0.2, 0.25) is 10.0 Å². The van der Waals surface area contributed by atoms with Crippen LogP contribution in [0.1, 0.15) is 38.5 Å². The van der Waals surface area contributed by atoms with E-state index in [0.717, 1.165) is 24.3 Å². The van der Waals surface area contributed by atoms with Crippen molar-refractivity contribution in [1.82, 2.24) is 9.62 Å². The summed E-state index contributed by atoms with van der Waals surface area (Å²) < 4.78 is 27.0. The maximum atomic E-state index is 12.0. The van der Waals surface area contributed by atoms with E-state index in [2.05, 4.69) is 16.7 Å². The van der Waals surface area contributed by atoms with Gasteiger partial charge in [0.15, 0.2) is 0 Å². The molecule has 21 heavy (non-hydrogen) atoms. The molecule has 0 amide bonds. The number of nitrogen functional groups attached to an aromatic ring is 1. The first-order chi connectivity index (χ1) is 9.99. The number of nitrogens with zero attached hydrogens (tertiary/aromatic N) is 1. The third-order valence-corrected chi connectivity index (χ3v) is 6.96. The van der Waals surface area contributed by atoms with Gasteiger partial charge in [-0.2, -0.15) is 0 Å². The van der Waals surface area contributed by atoms with Gasteiger partial charge in [-0.25, -0.2) is 13.1 Å². The van der Waals surface area contributed by atoms with E-state index in [9.17, 15) is 8.42 Å². The molecule has 120 valence electrons. The Morgan fingerprint density at radius 2 is 2.10 bits per heavy atom. The molecular weight excluding hydrogens is 306 g/mol. The molecule has 0 radical (unpaired) electrons. The molecule has 3 N–H and O–H groups in total. The van der Waals surface area contributed by atoms with Gasteiger partial charge in [-0.15, -0.1) is 11.3 Å². The highest BCUT2D eigenvalue weighted by Crippen LogP contribution is 2.22. The van der Waals surface area contributed by atoms with E-state index in [0.29, 0.717) is 22.5 Å². The van der Waals surface area contributed by atoms with Crippen LogP contribution in [0.2, 0.25) is 0 Å². The molecule has 1 heterocycles. The molecule has 1 aromatic heterocycles. The van der Waals surface area contributed by atoms with Gasteiger partial charge in [0.25, 0.3) is 0 Å². The maximum absolute atomic E-state index is 12.0. The first-order valence-electron chi connectivity index (χ1n) is 7.53. The predicted molar refractivity (Wildman–Crippen MR) is 88.0 cm³/mol. The molecule has 1 aliphatic carbocycles. The lowest BCUT2D eigenvalue weighted by Crippen LogP contribution is -2.35. The minimum atomic E-state index is -3.39. The quantitative estimate of drug-likeness (QED) is 0.752. The molecule has 0 unspecified atom stereocenters. The molecule has 5 nitrogen and oxygen atoms in total. The Kier molecular flexibility index (Phi) is 6.04. The van der Waals surface area contributed by atoms with E-state index < -0.39 is 10.0 Å². The normalized spacial score (nSPS) is 17.4. The number of sulfonamides is 1. The smallest absolute Gasteiger partial charge is 0.250 e. The van der Waals surface area contributed by atoms with Crippen LogP contribution in [0.3, 0.4) is 0 Å². The van der Waals surface area contributed by atoms with E-state index in [-0.39, 0.29) is 0 Å². The topological polar surface area (TPSA) is 75.4 Å². The third kappa shape index (κ3) is 4.95. The summed E-state index contributed by atoms with van der Waals surface area (Å²) in [4.78, 5) is 2.37. The summed E-state index contributed by atoms with van der Waals surface area (Å²) in [5, 5.41) is 1.64. The van der Waals surface area contributed by atoms with E-state index in [1.165, 1.54) is 38.2 Å². The Bertz CT molecular complexity index is 536. The standard InChI is InChI=1S/C14H25N3O2S2/c1-17(13-6-3-2-4-7-13)9-5-8-16-21(18,19)14-10-12(15)11-20-14/h10-11,13,16H,2-9,15H2,1H3. The van der Waals surface area contributed by atoms with Crippen molar-refractivity contribution in [1.29, 1.82) is 0 Å². The van der Waals surface area contributed by atoms with E-state index in [4.69, 9.17) is 5.73 Å². The largest absolute Gasteiger partial charge is 0.398 e. The second kappa shape index (κ2) is 7.58. The van der Waals surface area contributed by atoms with Gasteiger partial charge in [0, 0.05) is 23.7 Å². The Balaban J connectivity index is 1.71. The van der Waals surface area contributed by atoms with Gasteiger partial charge in [-0.05, 0) is 38.9 Å². The van der Waals surface area contributed by atoms with Crippen LogP contribution in [0.5, 0.6) is 0 Å². The summed E-state index contributed by atoms with van der Waals surface area (Å²) in [6.45, 7) is 1.40. The highest BCUT2D eigenvalue weighted by Gasteiger charge is 2.18. The first kappa shape index (κ1) is 16.7. The van der Waals surface area contributed by atoms with Crippen LogP contribution in [-0.2, 0) is 10.0 Å². The van der Waals surface area contributed by atoms with E-state index >= 15 is 0 Å². The zero-order chi connectivity index (χ0) is 15.3. The molecule has 1 aliphatic rings. The van der Waals surface area contributed by atoms with Gasteiger partial charge in [-0.3, -0.25) is 0 Å². The molecule has 0 aromatic carbocycles. The average molecular weight is 332 g/mol. The van der Waals surface area contributed by atoms with E-state index in [1.54, 1.807) is 5.38 Å². The molecule has 0 atom stereocenters. The fourth-order valence-corrected chi connectivity index (χ4v) is 4.98. The van der Waals surface area contributed by atoms with Gasteiger partial charge in [0.1, 0.15) is 4.21 Å². The van der Waals surface area contributed by atoms with Crippen LogP contribution in [0.4, 0.5) is 5.69 Å². The van der Waals surface area contributed by atoms with Crippen molar-refractivity contribution in [2.75, 3.05) is 25.9 Å². The van der Waals surface area contributed by atoms with Crippen molar-refractivity contribution in [2.45, 2.75) is 48.8 Å². The zero-order valence-electron chi connectivity index (χ0n) is 12.5. The Morgan fingerprint density at radius 1 is 1.38 bits per heavy atom. The molecule has 1 aromatic rings. The van der Waals surface area contributed by atoms with Gasteiger partial charge < -0.3 is 10.6 Å². The number of rotatable bonds is 7. The molecule has 1 saturated carbocycles. The van der Waals surface area contributed by atoms with Crippen LogP contribution in [0.25, 0.3) is 0 Å². The number of hydrogen-bond acceptors (Lipinski definition) is 5. The van der Waals surface area contributed by atoms with Gasteiger partial charge in [-0.1, -0.05) is 19.3 Å². The van der Waals surface area contributed by atoms with Crippen LogP contribution in [0, 0.1) is 0 Å². The van der Waals surface area contributed by atoms with Gasteiger partial charge in [0.05, 0.1) is 0 Å². The first-order valence-corrected chi connectivity index (χ1v) is 9.89. The second-order valence-electron chi connectivity index (χ2n) is 5.72. The van der Waals surface area contributed by atoms with Crippen molar-refractivity contribution >= 4 is 27.0 Å². The number of nitrogens with one attached hydrogen (secondary N) is 1. The second-order valence-corrected chi connectivity index (χ2v) is 8.63. The number of anilines is 1. The van der Waals surface area contributed by atoms with Crippen molar-refractivity contribution in [3.05, 3.63) is 11.4 Å². The lowest BCUT2D eigenvalue weighted by atomic mass is 9.94. The van der Waals surface area contributed by atoms with E-state index in [1.807, 2.05) is 0 Å². The van der Waals surface area contributed by atoms with Gasteiger partial charge >= 0.3 is 0 Å². The predicted octanol–water partition coefficient (Wildman–Crippen LogP) is 2.26.